The van der Waals surface area contributed by atoms with Crippen LogP contribution in [0.4, 0.5) is 5.69 Å². The molecule has 1 heterocycles. The van der Waals surface area contributed by atoms with E-state index in [1.54, 1.807) is 0 Å². The predicted molar refractivity (Wildman–Crippen MR) is 76.6 cm³/mol. The molecule has 0 aliphatic rings. The second kappa shape index (κ2) is 6.01. The summed E-state index contributed by atoms with van der Waals surface area (Å²) >= 11 is 0. The Hall–Kier alpha value is -2.09. The van der Waals surface area contributed by atoms with E-state index in [2.05, 4.69) is 48.1 Å². The fourth-order valence-electron chi connectivity index (χ4n) is 1.85. The lowest BCUT2D eigenvalue weighted by atomic mass is 10.1. The third kappa shape index (κ3) is 3.20. The van der Waals surface area contributed by atoms with Crippen LogP contribution in [0.1, 0.15) is 23.7 Å². The summed E-state index contributed by atoms with van der Waals surface area (Å²) in [6.45, 7) is 5.90. The van der Waals surface area contributed by atoms with Crippen molar-refractivity contribution in [1.82, 2.24) is 4.98 Å². The lowest BCUT2D eigenvalue weighted by Gasteiger charge is -2.18. The lowest BCUT2D eigenvalue weighted by Crippen LogP contribution is -2.11. The highest BCUT2D eigenvalue weighted by molar-refractivity contribution is 5.46. The Bertz CT molecular complexity index is 488. The molecule has 2 heteroatoms. The van der Waals surface area contributed by atoms with Crippen LogP contribution in [-0.4, -0.2) is 4.98 Å². The average molecular weight is 238 g/mol. The van der Waals surface area contributed by atoms with Gasteiger partial charge in [0.2, 0.25) is 0 Å². The van der Waals surface area contributed by atoms with Crippen LogP contribution >= 0.6 is 0 Å². The first-order valence-electron chi connectivity index (χ1n) is 6.14. The SMILES string of the molecule is C=CCC(Nc1ccc(C)cc1)c1ccccn1. The van der Waals surface area contributed by atoms with Gasteiger partial charge in [-0.3, -0.25) is 4.98 Å². The molecule has 0 bridgehead atoms. The standard InChI is InChI=1S/C16H18N2/c1-3-6-16(15-7-4-5-12-17-15)18-14-10-8-13(2)9-11-14/h3-5,7-12,16,18H,1,6H2,2H3. The zero-order valence-corrected chi connectivity index (χ0v) is 10.6. The number of aromatic nitrogens is 1. The number of pyridine rings is 1. The molecule has 1 atom stereocenters. The smallest absolute Gasteiger partial charge is 0.0719 e. The Morgan fingerprint density at radius 3 is 2.61 bits per heavy atom. The number of hydrogen-bond acceptors (Lipinski definition) is 2. The van der Waals surface area contributed by atoms with E-state index >= 15 is 0 Å². The molecule has 1 N–H and O–H groups in total. The number of nitrogens with zero attached hydrogens (tertiary/aromatic N) is 1. The van der Waals surface area contributed by atoms with Crippen LogP contribution in [0, 0.1) is 6.92 Å². The van der Waals surface area contributed by atoms with Crippen LogP contribution < -0.4 is 5.32 Å². The zero-order valence-electron chi connectivity index (χ0n) is 10.6. The highest BCUT2D eigenvalue weighted by Crippen LogP contribution is 2.21. The molecule has 0 amide bonds. The maximum Gasteiger partial charge on any atom is 0.0719 e. The molecule has 0 radical (unpaired) electrons. The maximum atomic E-state index is 4.40. The number of nitrogens with one attached hydrogen (secondary N) is 1. The van der Waals surface area contributed by atoms with Gasteiger partial charge in [0.05, 0.1) is 11.7 Å². The van der Waals surface area contributed by atoms with E-state index in [1.165, 1.54) is 5.56 Å². The molecule has 18 heavy (non-hydrogen) atoms. The highest BCUT2D eigenvalue weighted by Gasteiger charge is 2.10. The maximum absolute atomic E-state index is 4.40. The molecule has 1 aromatic carbocycles. The van der Waals surface area contributed by atoms with E-state index in [0.29, 0.717) is 0 Å². The Labute approximate surface area is 108 Å². The van der Waals surface area contributed by atoms with Crippen molar-refractivity contribution in [3.8, 4) is 0 Å². The first-order valence-corrected chi connectivity index (χ1v) is 6.14. The van der Waals surface area contributed by atoms with Crippen LogP contribution in [0.2, 0.25) is 0 Å². The van der Waals surface area contributed by atoms with Gasteiger partial charge in [-0.1, -0.05) is 29.8 Å². The second-order valence-electron chi connectivity index (χ2n) is 4.34. The van der Waals surface area contributed by atoms with Gasteiger partial charge >= 0.3 is 0 Å². The third-order valence-corrected chi connectivity index (χ3v) is 2.84. The van der Waals surface area contributed by atoms with Crippen molar-refractivity contribution < 1.29 is 0 Å². The van der Waals surface area contributed by atoms with Crippen molar-refractivity contribution in [3.05, 3.63) is 72.6 Å². The molecule has 2 rings (SSSR count). The molecule has 2 aromatic rings. The van der Waals surface area contributed by atoms with Crippen LogP contribution in [0.15, 0.2) is 61.3 Å². The van der Waals surface area contributed by atoms with Crippen LogP contribution in [0.5, 0.6) is 0 Å². The minimum Gasteiger partial charge on any atom is -0.376 e. The predicted octanol–water partition coefficient (Wildman–Crippen LogP) is 4.12. The molecular formula is C16H18N2. The molecule has 0 saturated heterocycles. The molecule has 2 nitrogen and oxygen atoms in total. The van der Waals surface area contributed by atoms with Gasteiger partial charge in [-0.25, -0.2) is 0 Å². The van der Waals surface area contributed by atoms with Crippen LogP contribution in [0.3, 0.4) is 0 Å². The van der Waals surface area contributed by atoms with Crippen molar-refractivity contribution in [2.24, 2.45) is 0 Å². The summed E-state index contributed by atoms with van der Waals surface area (Å²) in [4.78, 5) is 4.40. The number of anilines is 1. The molecule has 0 saturated carbocycles. The van der Waals surface area contributed by atoms with E-state index < -0.39 is 0 Å². The molecular weight excluding hydrogens is 220 g/mol. The fraction of sp³-hybridized carbons (Fsp3) is 0.188. The van der Waals surface area contributed by atoms with E-state index in [1.807, 2.05) is 30.5 Å². The normalized spacial score (nSPS) is 11.8. The Morgan fingerprint density at radius 2 is 2.00 bits per heavy atom. The number of hydrogen-bond donors (Lipinski definition) is 1. The van der Waals surface area contributed by atoms with E-state index in [4.69, 9.17) is 0 Å². The summed E-state index contributed by atoms with van der Waals surface area (Å²) < 4.78 is 0. The van der Waals surface area contributed by atoms with Crippen molar-refractivity contribution in [1.29, 1.82) is 0 Å². The summed E-state index contributed by atoms with van der Waals surface area (Å²) in [5.74, 6) is 0. The Kier molecular flexibility index (Phi) is 4.13. The fourth-order valence-corrected chi connectivity index (χ4v) is 1.85. The van der Waals surface area contributed by atoms with E-state index in [9.17, 15) is 0 Å². The lowest BCUT2D eigenvalue weighted by molar-refractivity contribution is 0.766. The largest absolute Gasteiger partial charge is 0.376 e. The average Bonchev–Trinajstić information content (AvgIpc) is 2.42. The van der Waals surface area contributed by atoms with E-state index in [-0.39, 0.29) is 6.04 Å². The van der Waals surface area contributed by atoms with Gasteiger partial charge in [0, 0.05) is 11.9 Å². The number of rotatable bonds is 5. The molecule has 92 valence electrons. The highest BCUT2D eigenvalue weighted by atomic mass is 14.9. The van der Waals surface area contributed by atoms with Crippen molar-refractivity contribution in [3.63, 3.8) is 0 Å². The molecule has 1 unspecified atom stereocenters. The van der Waals surface area contributed by atoms with Gasteiger partial charge < -0.3 is 5.32 Å². The number of benzene rings is 1. The van der Waals surface area contributed by atoms with Crippen LogP contribution in [0.25, 0.3) is 0 Å². The molecule has 0 spiro atoms. The van der Waals surface area contributed by atoms with Gasteiger partial charge in [-0.2, -0.15) is 0 Å². The minimum absolute atomic E-state index is 0.173. The molecule has 1 aromatic heterocycles. The summed E-state index contributed by atoms with van der Waals surface area (Å²) in [6.07, 6.45) is 4.59. The van der Waals surface area contributed by atoms with Crippen molar-refractivity contribution >= 4 is 5.69 Å². The molecule has 0 aliphatic heterocycles. The summed E-state index contributed by atoms with van der Waals surface area (Å²) in [5.41, 5.74) is 3.41. The first kappa shape index (κ1) is 12.4. The Balaban J connectivity index is 2.16. The van der Waals surface area contributed by atoms with Gasteiger partial charge in [-0.05, 0) is 37.6 Å². The van der Waals surface area contributed by atoms with Crippen molar-refractivity contribution in [2.45, 2.75) is 19.4 Å². The Morgan fingerprint density at radius 1 is 1.22 bits per heavy atom. The van der Waals surface area contributed by atoms with Crippen LogP contribution in [-0.2, 0) is 0 Å². The van der Waals surface area contributed by atoms with Gasteiger partial charge in [0.25, 0.3) is 0 Å². The molecule has 0 aliphatic carbocycles. The molecule has 0 fully saturated rings. The summed E-state index contributed by atoms with van der Waals surface area (Å²) in [5, 5.41) is 3.49. The minimum atomic E-state index is 0.173. The monoisotopic (exact) mass is 238 g/mol. The summed E-state index contributed by atoms with van der Waals surface area (Å²) in [7, 11) is 0. The van der Waals surface area contributed by atoms with Gasteiger partial charge in [0.15, 0.2) is 0 Å². The second-order valence-corrected chi connectivity index (χ2v) is 4.34. The van der Waals surface area contributed by atoms with Gasteiger partial charge in [0.1, 0.15) is 0 Å². The third-order valence-electron chi connectivity index (χ3n) is 2.84. The topological polar surface area (TPSA) is 24.9 Å². The zero-order chi connectivity index (χ0) is 12.8. The number of aryl methyl sites for hydroxylation is 1. The van der Waals surface area contributed by atoms with E-state index in [0.717, 1.165) is 17.8 Å². The van der Waals surface area contributed by atoms with Crippen molar-refractivity contribution in [2.75, 3.05) is 5.32 Å². The quantitative estimate of drug-likeness (QED) is 0.793. The summed E-state index contributed by atoms with van der Waals surface area (Å²) in [6, 6.07) is 14.5. The van der Waals surface area contributed by atoms with Gasteiger partial charge in [-0.15, -0.1) is 6.58 Å². The first-order chi connectivity index (χ1) is 8.79.